The van der Waals surface area contributed by atoms with E-state index in [9.17, 15) is 24.0 Å². The van der Waals surface area contributed by atoms with Gasteiger partial charge in [0.2, 0.25) is 30.5 Å². The summed E-state index contributed by atoms with van der Waals surface area (Å²) in [6, 6.07) is 40.4. The second-order valence-electron chi connectivity index (χ2n) is 29.7. The molecule has 4 fully saturated rings. The number of rotatable bonds is 27. The van der Waals surface area contributed by atoms with Gasteiger partial charge >= 0.3 is 12.1 Å². The summed E-state index contributed by atoms with van der Waals surface area (Å²) in [5.41, 5.74) is 19.5. The molecule has 4 aromatic heterocycles. The molecular formula is C87H114N16O12. The molecule has 0 spiro atoms. The van der Waals surface area contributed by atoms with Crippen LogP contribution >= 0.6 is 0 Å². The van der Waals surface area contributed by atoms with Crippen molar-refractivity contribution in [2.75, 3.05) is 47.5 Å². The fourth-order valence-electron chi connectivity index (χ4n) is 14.4. The van der Waals surface area contributed by atoms with Crippen LogP contribution in [0.15, 0.2) is 162 Å². The highest BCUT2D eigenvalue weighted by molar-refractivity contribution is 5.86. The van der Waals surface area contributed by atoms with Crippen LogP contribution < -0.4 is 16.4 Å². The van der Waals surface area contributed by atoms with Crippen molar-refractivity contribution in [1.29, 1.82) is 0 Å². The Labute approximate surface area is 673 Å². The van der Waals surface area contributed by atoms with Crippen molar-refractivity contribution in [1.82, 2.24) is 65.2 Å². The van der Waals surface area contributed by atoms with E-state index in [1.807, 2.05) is 125 Å². The third-order valence-corrected chi connectivity index (χ3v) is 20.7. The molecule has 4 amide bonds. The zero-order chi connectivity index (χ0) is 82.7. The zero-order valence-electron chi connectivity index (χ0n) is 68.3. The van der Waals surface area contributed by atoms with E-state index >= 15 is 0 Å². The van der Waals surface area contributed by atoms with E-state index in [4.69, 9.17) is 35.4 Å². The molecular weight excluding hydrogens is 1460 g/mol. The number of carboxylic acids is 1. The number of hydrogen-bond donors (Lipinski definition) is 9. The largest absolute Gasteiger partial charge is 0.480 e. The van der Waals surface area contributed by atoms with Gasteiger partial charge in [-0.05, 0) is 132 Å². The van der Waals surface area contributed by atoms with E-state index in [-0.39, 0.29) is 66.1 Å². The van der Waals surface area contributed by atoms with Crippen LogP contribution in [0.5, 0.6) is 0 Å². The minimum absolute atomic E-state index is 0.00131. The molecule has 8 atom stereocenters. The van der Waals surface area contributed by atoms with Crippen molar-refractivity contribution in [3.8, 4) is 67.3 Å². The molecule has 8 heterocycles. The third-order valence-electron chi connectivity index (χ3n) is 20.7. The number of likely N-dealkylation sites (tertiary alicyclic amines) is 3. The summed E-state index contributed by atoms with van der Waals surface area (Å²) in [7, 11) is 3.80. The fraction of sp³-hybridized carbons (Fsp3) is 0.437. The second kappa shape index (κ2) is 43.4. The number of aliphatic carboxylic acids is 1. The number of aromatic nitrogens is 8. The summed E-state index contributed by atoms with van der Waals surface area (Å²) < 4.78 is 4.95. The quantitative estimate of drug-likeness (QED) is 0.00999. The summed E-state index contributed by atoms with van der Waals surface area (Å²) in [6.07, 6.45) is 16.8. The van der Waals surface area contributed by atoms with Crippen molar-refractivity contribution in [2.24, 2.45) is 39.4 Å². The molecule has 4 saturated heterocycles. The van der Waals surface area contributed by atoms with Crippen LogP contribution in [0.4, 0.5) is 4.79 Å². The lowest BCUT2D eigenvalue weighted by Crippen LogP contribution is -2.46. The lowest BCUT2D eigenvalue weighted by molar-refractivity contribution is -0.188. The fourth-order valence-corrected chi connectivity index (χ4v) is 14.4. The first-order valence-electron chi connectivity index (χ1n) is 39.8. The summed E-state index contributed by atoms with van der Waals surface area (Å²) in [5.74, 6) is 2.15. The predicted molar refractivity (Wildman–Crippen MR) is 444 cm³/mol. The first-order chi connectivity index (χ1) is 55.7. The maximum absolute atomic E-state index is 13.5. The van der Waals surface area contributed by atoms with Crippen molar-refractivity contribution in [3.05, 3.63) is 181 Å². The highest BCUT2D eigenvalue weighted by atomic mass is 17.2. The van der Waals surface area contributed by atoms with Crippen LogP contribution in [0.2, 0.25) is 0 Å². The number of ether oxygens (including phenoxy) is 1. The number of H-pyrrole nitrogens is 4. The van der Waals surface area contributed by atoms with Gasteiger partial charge in [-0.3, -0.25) is 14.4 Å². The molecule has 0 radical (unpaired) electrons. The van der Waals surface area contributed by atoms with Crippen LogP contribution in [-0.4, -0.2) is 179 Å². The van der Waals surface area contributed by atoms with Gasteiger partial charge in [0, 0.05) is 26.7 Å². The van der Waals surface area contributed by atoms with Gasteiger partial charge in [0.15, 0.2) is 0 Å². The Morgan fingerprint density at radius 3 is 1.16 bits per heavy atom. The number of nitrogens with two attached hydrogens (primary N) is 1. The number of aromatic amines is 4. The molecule has 0 unspecified atom stereocenters. The average Bonchev–Trinajstić information content (AvgIpc) is 1.75. The number of nitrogens with zero attached hydrogens (tertiary/aromatic N) is 9. The Balaban J connectivity index is 0.000000211. The number of carbonyl (C=O) groups excluding carboxylic acids is 4. The first kappa shape index (κ1) is 87.8. The van der Waals surface area contributed by atoms with Gasteiger partial charge in [0.1, 0.15) is 48.0 Å². The molecule has 115 heavy (non-hydrogen) atoms. The molecule has 0 aliphatic carbocycles. The molecule has 28 nitrogen and oxygen atoms in total. The predicted octanol–water partition coefficient (Wildman–Crippen LogP) is 14.6. The van der Waals surface area contributed by atoms with Crippen molar-refractivity contribution >= 4 is 42.6 Å². The molecule has 0 bridgehead atoms. The summed E-state index contributed by atoms with van der Waals surface area (Å²) >= 11 is 0. The summed E-state index contributed by atoms with van der Waals surface area (Å²) in [5, 5.41) is 21.7. The van der Waals surface area contributed by atoms with Crippen molar-refractivity contribution in [3.63, 3.8) is 0 Å². The first-order valence-corrected chi connectivity index (χ1v) is 39.8. The molecule has 4 aliphatic heterocycles. The number of benzene rings is 5. The van der Waals surface area contributed by atoms with Crippen LogP contribution in [-0.2, 0) is 50.1 Å². The van der Waals surface area contributed by atoms with Crippen LogP contribution in [0, 0.1) is 23.7 Å². The molecule has 5 aromatic carbocycles. The van der Waals surface area contributed by atoms with E-state index in [0.29, 0.717) is 25.7 Å². The maximum atomic E-state index is 13.5. The zero-order valence-corrected chi connectivity index (χ0v) is 68.3. The highest BCUT2D eigenvalue weighted by Crippen LogP contribution is 2.38. The number of aliphatic hydroxyl groups excluding tert-OH is 1. The molecule has 9 aromatic rings. The van der Waals surface area contributed by atoms with Crippen LogP contribution in [0.1, 0.15) is 174 Å². The Hall–Kier alpha value is -11.2. The second-order valence-corrected chi connectivity index (χ2v) is 29.7. The Kier molecular flexibility index (Phi) is 33.1. The van der Waals surface area contributed by atoms with Gasteiger partial charge in [0.05, 0.1) is 92.0 Å². The van der Waals surface area contributed by atoms with Gasteiger partial charge in [0.25, 0.3) is 0 Å². The molecule has 4 aliphatic rings. The molecule has 614 valence electrons. The number of amides is 4. The summed E-state index contributed by atoms with van der Waals surface area (Å²) in [4.78, 5) is 128. The van der Waals surface area contributed by atoms with E-state index in [1.54, 1.807) is 13.8 Å². The van der Waals surface area contributed by atoms with Crippen molar-refractivity contribution in [2.45, 2.75) is 176 Å². The van der Waals surface area contributed by atoms with E-state index < -0.39 is 36.2 Å². The highest BCUT2D eigenvalue weighted by Gasteiger charge is 2.40. The number of imidazole rings is 4. The van der Waals surface area contributed by atoms with Gasteiger partial charge in [-0.25, -0.2) is 39.5 Å². The van der Waals surface area contributed by atoms with Gasteiger partial charge in [-0.1, -0.05) is 197 Å². The van der Waals surface area contributed by atoms with E-state index in [2.05, 4.69) is 162 Å². The Morgan fingerprint density at radius 1 is 0.487 bits per heavy atom. The normalized spacial score (nSPS) is 17.6. The van der Waals surface area contributed by atoms with Crippen molar-refractivity contribution < 1.29 is 58.5 Å². The number of nitrogens with one attached hydrogen (secondary N) is 6. The standard InChI is InChI=1S/C38H48N8O4.C33H39N7O3.C13H17NO4.C2H6.CH4O/c1-23(2)33(39)37(47)45-18-6-8-31(45)35-40-20-29(43-35)27-14-10-25(11-15-27)26-12-16-28(17-13-26)30-21-41-36(44-30)32-9-7-19-46(32)38(48)34(24(3)4)42-22-50-49-5;1-21(2)30(37-20-43-42-3)33(41)40-17-5-7-29(40)32-36-19-28(39-32)25-14-10-23(11-15-25)22-8-12-24(13-9-22)27-18-35-31(38-27)26-6-4-16-34-26;1-9(2)11(12(15)16)14-13(17)18-8-10-6-4-3-5-7-10;2*1-2/h10-17,20-24,31-34H,6-9,18-19,39H2,1-5H3,(H,40,43)(H,41,44);8-15,18-21,26,29-30,34H,4-7,16-17H2,1-3H3,(H,35,38)(H,36,39);3-7,9,11H,8H2,1-2H3,(H,14,17)(H,15,16);1-2H3;2H,1H3/t31-,32-,33-,34-;26-,29-,30-;11-;;/m000../s1. The van der Waals surface area contributed by atoms with E-state index in [0.717, 1.165) is 155 Å². The van der Waals surface area contributed by atoms with Gasteiger partial charge in [-0.2, -0.15) is 9.78 Å². The molecule has 0 saturated carbocycles. The van der Waals surface area contributed by atoms with E-state index in [1.165, 1.54) is 33.4 Å². The maximum Gasteiger partial charge on any atom is 0.408 e. The Bertz CT molecular complexity index is 4550. The lowest BCUT2D eigenvalue weighted by Gasteiger charge is -2.27. The van der Waals surface area contributed by atoms with Gasteiger partial charge < -0.3 is 75.7 Å². The lowest BCUT2D eigenvalue weighted by atomic mass is 10.0. The number of aliphatic imine (C=N–C) groups is 2. The number of hydrogen-bond acceptors (Lipinski definition) is 19. The Morgan fingerprint density at radius 2 is 0.835 bits per heavy atom. The summed E-state index contributed by atoms with van der Waals surface area (Å²) in [6.45, 7) is 22.5. The van der Waals surface area contributed by atoms with Crippen LogP contribution in [0.25, 0.3) is 67.3 Å². The minimum Gasteiger partial charge on any atom is -0.480 e. The molecule has 28 heteroatoms. The number of carboxylic acid groups (broad SMARTS) is 1. The smallest absolute Gasteiger partial charge is 0.408 e. The number of alkyl carbamates (subject to hydrolysis) is 1. The number of carbonyl (C=O) groups is 5. The topological polar surface area (TPSA) is 371 Å². The van der Waals surface area contributed by atoms with Crippen LogP contribution in [0.3, 0.4) is 0 Å². The SMILES string of the molecule is CC.CC(C)[C@H](NC(=O)OCc1ccccc1)C(=O)O.CO.COOC=N[C@H](C(=O)N1CCC[C@H]1c1ncc(-c2ccc(-c3ccc(-c4cnc([C@@H]5CCCN5)[nH]4)cc3)cc2)[nH]1)C(C)C.COOC=N[C@H](C(=O)N1CCC[C@H]1c1ncc(-c2ccc(-c3ccc(-c4cnc([C@@H]5CCCN5C(=O)[C@@H](N)C(C)C)[nH]4)cc3)cc2)[nH]1)C(C)C. The third kappa shape index (κ3) is 23.1. The van der Waals surface area contributed by atoms with Gasteiger partial charge in [-0.15, -0.1) is 0 Å². The molecule has 10 N–H and O–H groups in total. The monoisotopic (exact) mass is 1570 g/mol. The average molecular weight is 1580 g/mol. The number of aliphatic hydroxyl groups is 1. The minimum atomic E-state index is -1.07. The molecule has 13 rings (SSSR count).